The molecule has 112 valence electrons. The molecular formula is C14H23N3O2S. The van der Waals surface area contributed by atoms with Gasteiger partial charge in [-0.2, -0.15) is 0 Å². The van der Waals surface area contributed by atoms with Crippen LogP contribution in [0.5, 0.6) is 0 Å². The Bertz CT molecular complexity index is 541. The van der Waals surface area contributed by atoms with Gasteiger partial charge in [0.2, 0.25) is 10.0 Å². The number of para-hydroxylation sites is 1. The Morgan fingerprint density at radius 2 is 2.05 bits per heavy atom. The average Bonchev–Trinajstić information content (AvgIpc) is 3.20. The molecule has 1 atom stereocenters. The van der Waals surface area contributed by atoms with E-state index in [2.05, 4.69) is 10.0 Å². The maximum atomic E-state index is 12.3. The van der Waals surface area contributed by atoms with Crippen molar-refractivity contribution in [1.82, 2.24) is 4.72 Å². The third kappa shape index (κ3) is 4.19. The van der Waals surface area contributed by atoms with Crippen molar-refractivity contribution < 1.29 is 8.42 Å². The normalized spacial score (nSPS) is 16.9. The fourth-order valence-corrected chi connectivity index (χ4v) is 3.54. The predicted octanol–water partition coefficient (Wildman–Crippen LogP) is 1.67. The average molecular weight is 297 g/mol. The van der Waals surface area contributed by atoms with Crippen molar-refractivity contribution in [3.05, 3.63) is 24.3 Å². The van der Waals surface area contributed by atoms with Crippen LogP contribution in [0.4, 0.5) is 5.69 Å². The summed E-state index contributed by atoms with van der Waals surface area (Å²) in [5, 5.41) is 3.27. The number of nitrogens with one attached hydrogen (secondary N) is 2. The second-order valence-corrected chi connectivity index (χ2v) is 7.05. The van der Waals surface area contributed by atoms with Crippen LogP contribution in [0.2, 0.25) is 0 Å². The minimum Gasteiger partial charge on any atom is -0.381 e. The monoisotopic (exact) mass is 297 g/mol. The number of rotatable bonds is 8. The summed E-state index contributed by atoms with van der Waals surface area (Å²) >= 11 is 0. The summed E-state index contributed by atoms with van der Waals surface area (Å²) in [6.45, 7) is 2.68. The van der Waals surface area contributed by atoms with Gasteiger partial charge < -0.3 is 11.1 Å². The summed E-state index contributed by atoms with van der Waals surface area (Å²) in [6, 6.07) is 7.34. The molecule has 0 saturated heterocycles. The molecule has 0 aliphatic heterocycles. The highest BCUT2D eigenvalue weighted by molar-refractivity contribution is 7.89. The van der Waals surface area contributed by atoms with E-state index in [1.807, 2.05) is 13.0 Å². The van der Waals surface area contributed by atoms with Crippen LogP contribution < -0.4 is 15.8 Å². The molecule has 0 heterocycles. The number of hydrogen-bond acceptors (Lipinski definition) is 4. The van der Waals surface area contributed by atoms with E-state index >= 15 is 0 Å². The molecule has 1 unspecified atom stereocenters. The molecule has 1 aliphatic carbocycles. The molecule has 0 bridgehead atoms. The Morgan fingerprint density at radius 1 is 1.35 bits per heavy atom. The summed E-state index contributed by atoms with van der Waals surface area (Å²) in [5.74, 6) is 0. The highest BCUT2D eigenvalue weighted by Crippen LogP contribution is 2.26. The standard InChI is InChI=1S/C14H23N3O2S/c1-11(5-4-10-15)16-13-6-2-3-7-14(13)20(18,19)17-12-8-9-12/h2-3,6-7,11-12,16-17H,4-5,8-10,15H2,1H3. The van der Waals surface area contributed by atoms with Crippen LogP contribution >= 0.6 is 0 Å². The van der Waals surface area contributed by atoms with Crippen LogP contribution in [0.15, 0.2) is 29.2 Å². The highest BCUT2D eigenvalue weighted by atomic mass is 32.2. The SMILES string of the molecule is CC(CCCN)Nc1ccccc1S(=O)(=O)NC1CC1. The summed E-state index contributed by atoms with van der Waals surface area (Å²) < 4.78 is 27.4. The summed E-state index contributed by atoms with van der Waals surface area (Å²) in [6.07, 6.45) is 3.70. The number of hydrogen-bond donors (Lipinski definition) is 3. The first-order valence-electron chi connectivity index (χ1n) is 7.11. The molecule has 4 N–H and O–H groups in total. The van der Waals surface area contributed by atoms with Gasteiger partial charge in [-0.3, -0.25) is 0 Å². The summed E-state index contributed by atoms with van der Waals surface area (Å²) in [7, 11) is -3.43. The maximum Gasteiger partial charge on any atom is 0.242 e. The van der Waals surface area contributed by atoms with E-state index < -0.39 is 10.0 Å². The van der Waals surface area contributed by atoms with E-state index in [1.165, 1.54) is 0 Å². The van der Waals surface area contributed by atoms with Crippen LogP contribution in [0.3, 0.4) is 0 Å². The molecule has 6 heteroatoms. The van der Waals surface area contributed by atoms with Crippen molar-refractivity contribution in [3.8, 4) is 0 Å². The lowest BCUT2D eigenvalue weighted by Gasteiger charge is -2.18. The minimum atomic E-state index is -3.43. The molecule has 1 saturated carbocycles. The molecule has 0 radical (unpaired) electrons. The van der Waals surface area contributed by atoms with Gasteiger partial charge in [0.15, 0.2) is 0 Å². The molecule has 2 rings (SSSR count). The third-order valence-corrected chi connectivity index (χ3v) is 4.90. The van der Waals surface area contributed by atoms with E-state index in [1.54, 1.807) is 18.2 Å². The second-order valence-electron chi connectivity index (χ2n) is 5.37. The number of benzene rings is 1. The maximum absolute atomic E-state index is 12.3. The zero-order valence-corrected chi connectivity index (χ0v) is 12.6. The van der Waals surface area contributed by atoms with E-state index in [-0.39, 0.29) is 12.1 Å². The van der Waals surface area contributed by atoms with Gasteiger partial charge in [0.25, 0.3) is 0 Å². The molecule has 5 nitrogen and oxygen atoms in total. The van der Waals surface area contributed by atoms with Crippen molar-refractivity contribution in [2.45, 2.75) is 49.6 Å². The molecule has 0 spiro atoms. The van der Waals surface area contributed by atoms with Crippen LogP contribution in [0.25, 0.3) is 0 Å². The Labute approximate surface area is 121 Å². The van der Waals surface area contributed by atoms with Crippen molar-refractivity contribution in [2.75, 3.05) is 11.9 Å². The lowest BCUT2D eigenvalue weighted by atomic mass is 10.1. The van der Waals surface area contributed by atoms with Gasteiger partial charge in [-0.05, 0) is 51.3 Å². The third-order valence-electron chi connectivity index (χ3n) is 3.32. The van der Waals surface area contributed by atoms with E-state index in [0.29, 0.717) is 17.1 Å². The lowest BCUT2D eigenvalue weighted by molar-refractivity contribution is 0.581. The highest BCUT2D eigenvalue weighted by Gasteiger charge is 2.29. The van der Waals surface area contributed by atoms with Crippen LogP contribution in [-0.2, 0) is 10.0 Å². The molecule has 0 amide bonds. The Hall–Kier alpha value is -1.11. The number of sulfonamides is 1. The van der Waals surface area contributed by atoms with Crippen LogP contribution in [-0.4, -0.2) is 27.0 Å². The Morgan fingerprint density at radius 3 is 2.70 bits per heavy atom. The quantitative estimate of drug-likeness (QED) is 0.681. The molecule has 1 aromatic carbocycles. The van der Waals surface area contributed by atoms with E-state index in [0.717, 1.165) is 25.7 Å². The van der Waals surface area contributed by atoms with E-state index in [4.69, 9.17) is 5.73 Å². The smallest absolute Gasteiger partial charge is 0.242 e. The Kier molecular flexibility index (Phi) is 5.01. The predicted molar refractivity (Wildman–Crippen MR) is 81.2 cm³/mol. The van der Waals surface area contributed by atoms with Gasteiger partial charge in [-0.1, -0.05) is 12.1 Å². The van der Waals surface area contributed by atoms with Gasteiger partial charge in [0.1, 0.15) is 4.90 Å². The molecule has 1 aromatic rings. The van der Waals surface area contributed by atoms with Crippen molar-refractivity contribution in [3.63, 3.8) is 0 Å². The molecule has 20 heavy (non-hydrogen) atoms. The van der Waals surface area contributed by atoms with Gasteiger partial charge in [0.05, 0.1) is 5.69 Å². The topological polar surface area (TPSA) is 84.2 Å². The van der Waals surface area contributed by atoms with Gasteiger partial charge >= 0.3 is 0 Å². The van der Waals surface area contributed by atoms with Crippen molar-refractivity contribution in [1.29, 1.82) is 0 Å². The Balaban J connectivity index is 2.12. The summed E-state index contributed by atoms with van der Waals surface area (Å²) in [4.78, 5) is 0.325. The van der Waals surface area contributed by atoms with Crippen LogP contribution in [0.1, 0.15) is 32.6 Å². The molecule has 1 fully saturated rings. The number of anilines is 1. The lowest BCUT2D eigenvalue weighted by Crippen LogP contribution is -2.27. The molecule has 1 aliphatic rings. The van der Waals surface area contributed by atoms with Gasteiger partial charge in [-0.25, -0.2) is 13.1 Å². The zero-order chi connectivity index (χ0) is 14.6. The fourth-order valence-electron chi connectivity index (χ4n) is 2.07. The van der Waals surface area contributed by atoms with Crippen molar-refractivity contribution in [2.24, 2.45) is 5.73 Å². The first-order valence-corrected chi connectivity index (χ1v) is 8.59. The molecule has 0 aromatic heterocycles. The minimum absolute atomic E-state index is 0.114. The van der Waals surface area contributed by atoms with E-state index in [9.17, 15) is 8.42 Å². The number of nitrogens with two attached hydrogens (primary N) is 1. The van der Waals surface area contributed by atoms with Crippen molar-refractivity contribution >= 4 is 15.7 Å². The second kappa shape index (κ2) is 6.56. The fraction of sp³-hybridized carbons (Fsp3) is 0.571. The summed E-state index contributed by atoms with van der Waals surface area (Å²) in [5.41, 5.74) is 6.16. The van der Waals surface area contributed by atoms with Gasteiger partial charge in [0, 0.05) is 12.1 Å². The molecular weight excluding hydrogens is 274 g/mol. The first-order chi connectivity index (χ1) is 9.53. The first kappa shape index (κ1) is 15.3. The zero-order valence-electron chi connectivity index (χ0n) is 11.8. The van der Waals surface area contributed by atoms with Crippen LogP contribution in [0, 0.1) is 0 Å². The largest absolute Gasteiger partial charge is 0.381 e. The van der Waals surface area contributed by atoms with Gasteiger partial charge in [-0.15, -0.1) is 0 Å².